The highest BCUT2D eigenvalue weighted by Gasteiger charge is 2.40. The summed E-state index contributed by atoms with van der Waals surface area (Å²) >= 11 is 1.68. The first kappa shape index (κ1) is 24.7. The molecule has 0 spiro atoms. The van der Waals surface area contributed by atoms with Crippen molar-refractivity contribution in [1.29, 1.82) is 0 Å². The first-order valence-electron chi connectivity index (χ1n) is 10.4. The fourth-order valence-corrected chi connectivity index (χ4v) is 4.29. The molecule has 0 aromatic heterocycles. The number of nitrogens with one attached hydrogen (secondary N) is 4. The molecule has 1 heterocycles. The van der Waals surface area contributed by atoms with Gasteiger partial charge in [0.2, 0.25) is 11.8 Å². The maximum atomic E-state index is 12.5. The number of hydrogen-bond donors (Lipinski definition) is 5. The molecule has 2 rings (SSSR count). The van der Waals surface area contributed by atoms with Gasteiger partial charge in [-0.25, -0.2) is 0 Å². The van der Waals surface area contributed by atoms with Crippen molar-refractivity contribution in [2.45, 2.75) is 56.4 Å². The minimum atomic E-state index is -0.602. The Bertz CT molecular complexity index is 782. The average Bonchev–Trinajstić information content (AvgIpc) is 3.07. The molecular weight excluding hydrogens is 414 g/mol. The minimum Gasteiger partial charge on any atom is -0.386 e. The van der Waals surface area contributed by atoms with Gasteiger partial charge in [-0.05, 0) is 50.8 Å². The lowest BCUT2D eigenvalue weighted by molar-refractivity contribution is -0.126. The van der Waals surface area contributed by atoms with Gasteiger partial charge >= 0.3 is 0 Å². The van der Waals surface area contributed by atoms with Crippen LogP contribution in [0.4, 0.5) is 5.69 Å². The largest absolute Gasteiger partial charge is 0.386 e. The van der Waals surface area contributed by atoms with Crippen LogP contribution >= 0.6 is 11.8 Å². The number of amides is 2. The lowest BCUT2D eigenvalue weighted by Crippen LogP contribution is -2.53. The Morgan fingerprint density at radius 3 is 2.61 bits per heavy atom. The highest BCUT2D eigenvalue weighted by atomic mass is 32.2. The predicted octanol–water partition coefficient (Wildman–Crippen LogP) is 1.48. The number of thioether (sulfide) groups is 1. The summed E-state index contributed by atoms with van der Waals surface area (Å²) in [6.45, 7) is 8.27. The number of unbranched alkanes of at least 4 members (excludes halogenated alkanes) is 1. The van der Waals surface area contributed by atoms with Gasteiger partial charge in [0.15, 0.2) is 0 Å². The summed E-state index contributed by atoms with van der Waals surface area (Å²) < 4.78 is -0.215. The second-order valence-electron chi connectivity index (χ2n) is 8.14. The molecule has 0 bridgehead atoms. The van der Waals surface area contributed by atoms with E-state index >= 15 is 0 Å². The fraction of sp³-hybridized carbons (Fsp3) is 0.500. The van der Waals surface area contributed by atoms with Gasteiger partial charge in [-0.1, -0.05) is 18.7 Å². The Hall–Kier alpha value is -2.52. The van der Waals surface area contributed by atoms with Crippen molar-refractivity contribution in [3.8, 4) is 0 Å². The third kappa shape index (κ3) is 8.26. The van der Waals surface area contributed by atoms with Gasteiger partial charge < -0.3 is 26.5 Å². The van der Waals surface area contributed by atoms with Crippen LogP contribution in [-0.4, -0.2) is 47.4 Å². The van der Waals surface area contributed by atoms with E-state index in [1.54, 1.807) is 23.9 Å². The molecule has 2 amide bonds. The number of nitrogens with two attached hydrogens (primary N) is 1. The van der Waals surface area contributed by atoms with Gasteiger partial charge in [-0.3, -0.25) is 14.9 Å². The highest BCUT2D eigenvalue weighted by Crippen LogP contribution is 2.32. The predicted molar refractivity (Wildman–Crippen MR) is 125 cm³/mol. The lowest BCUT2D eigenvalue weighted by atomic mass is 10.0. The molecule has 8 nitrogen and oxygen atoms in total. The summed E-state index contributed by atoms with van der Waals surface area (Å²) in [5, 5.41) is 11.8. The van der Waals surface area contributed by atoms with Crippen LogP contribution in [0.15, 0.2) is 36.7 Å². The van der Waals surface area contributed by atoms with Crippen molar-refractivity contribution in [2.75, 3.05) is 17.7 Å². The summed E-state index contributed by atoms with van der Waals surface area (Å²) in [5.41, 5.74) is 7.02. The zero-order chi connectivity index (χ0) is 22.9. The van der Waals surface area contributed by atoms with Crippen molar-refractivity contribution < 1.29 is 14.4 Å². The van der Waals surface area contributed by atoms with Gasteiger partial charge in [-0.2, -0.15) is 0 Å². The molecule has 1 fully saturated rings. The van der Waals surface area contributed by atoms with E-state index in [1.165, 1.54) is 0 Å². The number of aldehydes is 1. The SMILES string of the molecule is C=C(N)NCCCCC(=O)Nc1ccc(CC(C=O)NC(=O)C2NCSC2(C)C)cc1. The van der Waals surface area contributed by atoms with Gasteiger partial charge in [0, 0.05) is 29.3 Å². The van der Waals surface area contributed by atoms with Gasteiger partial charge in [-0.15, -0.1) is 11.8 Å². The Morgan fingerprint density at radius 1 is 1.32 bits per heavy atom. The molecular formula is C22H33N5O3S. The number of carbonyl (C=O) groups is 3. The van der Waals surface area contributed by atoms with E-state index in [0.717, 1.165) is 24.7 Å². The third-order valence-electron chi connectivity index (χ3n) is 5.06. The van der Waals surface area contributed by atoms with Gasteiger partial charge in [0.25, 0.3) is 0 Å². The van der Waals surface area contributed by atoms with E-state index in [4.69, 9.17) is 5.73 Å². The van der Waals surface area contributed by atoms with Crippen molar-refractivity contribution in [3.05, 3.63) is 42.2 Å². The zero-order valence-corrected chi connectivity index (χ0v) is 19.0. The average molecular weight is 448 g/mol. The van der Waals surface area contributed by atoms with E-state index in [2.05, 4.69) is 27.8 Å². The Morgan fingerprint density at radius 2 is 2.03 bits per heavy atom. The maximum Gasteiger partial charge on any atom is 0.239 e. The molecule has 2 atom stereocenters. The van der Waals surface area contributed by atoms with Crippen molar-refractivity contribution in [3.63, 3.8) is 0 Å². The Labute approximate surface area is 188 Å². The Balaban J connectivity index is 1.78. The summed E-state index contributed by atoms with van der Waals surface area (Å²) in [7, 11) is 0. The van der Waals surface area contributed by atoms with E-state index in [0.29, 0.717) is 36.8 Å². The Kier molecular flexibility index (Phi) is 9.39. The molecule has 0 radical (unpaired) electrons. The molecule has 1 aromatic carbocycles. The van der Waals surface area contributed by atoms with Crippen LogP contribution in [0.2, 0.25) is 0 Å². The maximum absolute atomic E-state index is 12.5. The van der Waals surface area contributed by atoms with E-state index in [1.807, 2.05) is 26.0 Å². The first-order chi connectivity index (χ1) is 14.7. The van der Waals surface area contributed by atoms with Crippen LogP contribution in [0.5, 0.6) is 0 Å². The smallest absolute Gasteiger partial charge is 0.239 e. The second kappa shape index (κ2) is 11.8. The normalized spacial score (nSPS) is 18.1. The molecule has 1 saturated heterocycles. The molecule has 2 unspecified atom stereocenters. The monoisotopic (exact) mass is 447 g/mol. The quantitative estimate of drug-likeness (QED) is 0.243. The van der Waals surface area contributed by atoms with E-state index < -0.39 is 6.04 Å². The van der Waals surface area contributed by atoms with Crippen molar-refractivity contribution in [2.24, 2.45) is 5.73 Å². The summed E-state index contributed by atoms with van der Waals surface area (Å²) in [6.07, 6.45) is 3.15. The molecule has 1 aromatic rings. The van der Waals surface area contributed by atoms with Crippen molar-refractivity contribution in [1.82, 2.24) is 16.0 Å². The fourth-order valence-electron chi connectivity index (χ4n) is 3.31. The molecule has 6 N–H and O–H groups in total. The van der Waals surface area contributed by atoms with Gasteiger partial charge in [0.05, 0.1) is 11.9 Å². The summed E-state index contributed by atoms with van der Waals surface area (Å²) in [6, 6.07) is 6.37. The van der Waals surface area contributed by atoms with Crippen LogP contribution in [0.1, 0.15) is 38.7 Å². The zero-order valence-electron chi connectivity index (χ0n) is 18.2. The summed E-state index contributed by atoms with van der Waals surface area (Å²) in [4.78, 5) is 36.1. The number of rotatable bonds is 12. The standard InChI is InChI=1S/C22H33N5O3S/c1-15(23)24-11-5-4-6-19(29)26-17-9-7-16(8-10-17)12-18(13-28)27-21(30)20-22(2,3)31-14-25-20/h7-10,13,18,20,24-25H,1,4-6,11-12,14,23H2,2-3H3,(H,26,29)(H,27,30). The third-order valence-corrected chi connectivity index (χ3v) is 6.35. The van der Waals surface area contributed by atoms with Crippen LogP contribution in [0, 0.1) is 0 Å². The topological polar surface area (TPSA) is 125 Å². The molecule has 9 heteroatoms. The van der Waals surface area contributed by atoms with Crippen LogP contribution in [0.3, 0.4) is 0 Å². The number of carbonyl (C=O) groups excluding carboxylic acids is 3. The molecule has 1 aliphatic rings. The highest BCUT2D eigenvalue weighted by molar-refractivity contribution is 8.00. The van der Waals surface area contributed by atoms with Crippen LogP contribution in [0.25, 0.3) is 0 Å². The number of hydrogen-bond acceptors (Lipinski definition) is 7. The first-order valence-corrected chi connectivity index (χ1v) is 11.4. The molecule has 1 aliphatic heterocycles. The van der Waals surface area contributed by atoms with Gasteiger partial charge in [0.1, 0.15) is 12.3 Å². The van der Waals surface area contributed by atoms with Crippen molar-refractivity contribution >= 4 is 35.5 Å². The summed E-state index contributed by atoms with van der Waals surface area (Å²) in [5.74, 6) is 0.924. The molecule has 170 valence electrons. The lowest BCUT2D eigenvalue weighted by Gasteiger charge is -2.25. The molecule has 0 aliphatic carbocycles. The second-order valence-corrected chi connectivity index (χ2v) is 9.77. The van der Waals surface area contributed by atoms with E-state index in [-0.39, 0.29) is 22.6 Å². The number of anilines is 1. The molecule has 0 saturated carbocycles. The van der Waals surface area contributed by atoms with Crippen LogP contribution in [-0.2, 0) is 20.8 Å². The van der Waals surface area contributed by atoms with Crippen LogP contribution < -0.4 is 27.0 Å². The minimum absolute atomic E-state index is 0.0538. The number of benzene rings is 1. The van der Waals surface area contributed by atoms with E-state index in [9.17, 15) is 14.4 Å². The molecule has 31 heavy (non-hydrogen) atoms.